The molecule has 1 aromatic rings. The number of rotatable bonds is 1. The van der Waals surface area contributed by atoms with Gasteiger partial charge in [0.05, 0.1) is 0 Å². The van der Waals surface area contributed by atoms with Gasteiger partial charge in [0.2, 0.25) is 5.91 Å². The Kier molecular flexibility index (Phi) is 1.58. The fourth-order valence-electron chi connectivity index (χ4n) is 0.499. The van der Waals surface area contributed by atoms with E-state index in [1.165, 1.54) is 17.3 Å². The highest BCUT2D eigenvalue weighted by molar-refractivity contribution is 5.77. The van der Waals surface area contributed by atoms with Gasteiger partial charge in [0.1, 0.15) is 12.7 Å². The smallest absolute Gasteiger partial charge is 0.248 e. The summed E-state index contributed by atoms with van der Waals surface area (Å²) in [6.07, 6.45) is 3.20. The second-order valence-corrected chi connectivity index (χ2v) is 1.59. The van der Waals surface area contributed by atoms with Crippen LogP contribution in [-0.4, -0.2) is 20.7 Å². The zero-order valence-electron chi connectivity index (χ0n) is 5.11. The van der Waals surface area contributed by atoms with Crippen LogP contribution in [0.2, 0.25) is 0 Å². The minimum Gasteiger partial charge on any atom is -0.273 e. The molecule has 1 rings (SSSR count). The van der Waals surface area contributed by atoms with Gasteiger partial charge in [-0.1, -0.05) is 6.92 Å². The highest BCUT2D eigenvalue weighted by Crippen LogP contribution is 1.84. The SMILES string of the molecule is CCC(=O)n1cncn1. The van der Waals surface area contributed by atoms with Gasteiger partial charge in [-0.2, -0.15) is 9.78 Å². The van der Waals surface area contributed by atoms with E-state index < -0.39 is 0 Å². The molecule has 0 unspecified atom stereocenters. The molecule has 0 saturated heterocycles. The molecule has 0 aliphatic rings. The normalized spacial score (nSPS) is 9.44. The molecule has 4 heteroatoms. The minimum absolute atomic E-state index is 0.0347. The molecule has 0 aromatic carbocycles. The van der Waals surface area contributed by atoms with Crippen LogP contribution in [-0.2, 0) is 0 Å². The zero-order chi connectivity index (χ0) is 6.69. The van der Waals surface area contributed by atoms with Gasteiger partial charge < -0.3 is 0 Å². The first kappa shape index (κ1) is 5.94. The van der Waals surface area contributed by atoms with Crippen molar-refractivity contribution in [2.45, 2.75) is 13.3 Å². The molecule has 0 amide bonds. The summed E-state index contributed by atoms with van der Waals surface area (Å²) in [5.74, 6) is -0.0347. The lowest BCUT2D eigenvalue weighted by Crippen LogP contribution is -2.08. The van der Waals surface area contributed by atoms with Crippen LogP contribution in [0.5, 0.6) is 0 Å². The number of hydrogen-bond acceptors (Lipinski definition) is 3. The van der Waals surface area contributed by atoms with Crippen molar-refractivity contribution in [1.82, 2.24) is 14.8 Å². The minimum atomic E-state index is -0.0347. The highest BCUT2D eigenvalue weighted by atomic mass is 16.2. The van der Waals surface area contributed by atoms with Crippen LogP contribution >= 0.6 is 0 Å². The monoisotopic (exact) mass is 125 g/mol. The van der Waals surface area contributed by atoms with Gasteiger partial charge >= 0.3 is 0 Å². The molecular formula is C5H7N3O. The first-order chi connectivity index (χ1) is 4.34. The average Bonchev–Trinajstić information content (AvgIpc) is 2.37. The number of carbonyl (C=O) groups is 1. The third-order valence-electron chi connectivity index (χ3n) is 0.977. The topological polar surface area (TPSA) is 47.8 Å². The Hall–Kier alpha value is -1.19. The maximum Gasteiger partial charge on any atom is 0.248 e. The molecule has 0 fully saturated rings. The molecule has 4 nitrogen and oxygen atoms in total. The van der Waals surface area contributed by atoms with Gasteiger partial charge in [-0.25, -0.2) is 4.98 Å². The summed E-state index contributed by atoms with van der Waals surface area (Å²) in [5, 5.41) is 3.64. The zero-order valence-corrected chi connectivity index (χ0v) is 5.11. The van der Waals surface area contributed by atoms with E-state index in [1.54, 1.807) is 6.92 Å². The van der Waals surface area contributed by atoms with Crippen molar-refractivity contribution in [3.05, 3.63) is 12.7 Å². The number of nitrogens with zero attached hydrogens (tertiary/aromatic N) is 3. The van der Waals surface area contributed by atoms with E-state index >= 15 is 0 Å². The van der Waals surface area contributed by atoms with Crippen LogP contribution in [0, 0.1) is 0 Å². The predicted molar refractivity (Wildman–Crippen MR) is 30.9 cm³/mol. The largest absolute Gasteiger partial charge is 0.273 e. The number of carbonyl (C=O) groups excluding carboxylic acids is 1. The van der Waals surface area contributed by atoms with Crippen LogP contribution in [0.25, 0.3) is 0 Å². The molecule has 48 valence electrons. The second kappa shape index (κ2) is 2.39. The van der Waals surface area contributed by atoms with Crippen molar-refractivity contribution >= 4 is 5.91 Å². The molecule has 0 spiro atoms. The number of hydrogen-bond donors (Lipinski definition) is 0. The van der Waals surface area contributed by atoms with Crippen LogP contribution < -0.4 is 0 Å². The second-order valence-electron chi connectivity index (χ2n) is 1.59. The lowest BCUT2D eigenvalue weighted by molar-refractivity contribution is 0.0892. The van der Waals surface area contributed by atoms with Gasteiger partial charge in [-0.05, 0) is 0 Å². The summed E-state index contributed by atoms with van der Waals surface area (Å²) in [7, 11) is 0. The molecular weight excluding hydrogens is 118 g/mol. The van der Waals surface area contributed by atoms with Gasteiger partial charge in [0, 0.05) is 6.42 Å². The van der Waals surface area contributed by atoms with Crippen molar-refractivity contribution < 1.29 is 4.79 Å². The third-order valence-corrected chi connectivity index (χ3v) is 0.977. The van der Waals surface area contributed by atoms with Crippen molar-refractivity contribution in [2.75, 3.05) is 0 Å². The Morgan fingerprint density at radius 2 is 2.56 bits per heavy atom. The van der Waals surface area contributed by atoms with Gasteiger partial charge in [0.25, 0.3) is 0 Å². The molecule has 9 heavy (non-hydrogen) atoms. The highest BCUT2D eigenvalue weighted by Gasteiger charge is 1.98. The molecule has 0 saturated carbocycles. The molecule has 1 heterocycles. The lowest BCUT2D eigenvalue weighted by Gasteiger charge is -1.90. The van der Waals surface area contributed by atoms with Crippen LogP contribution in [0.1, 0.15) is 18.1 Å². The van der Waals surface area contributed by atoms with Crippen molar-refractivity contribution in [1.29, 1.82) is 0 Å². The Labute approximate surface area is 52.5 Å². The summed E-state index contributed by atoms with van der Waals surface area (Å²) in [6, 6.07) is 0. The first-order valence-electron chi connectivity index (χ1n) is 2.72. The van der Waals surface area contributed by atoms with E-state index in [-0.39, 0.29) is 5.91 Å². The molecule has 0 N–H and O–H groups in total. The van der Waals surface area contributed by atoms with Gasteiger partial charge in [0.15, 0.2) is 0 Å². The fraction of sp³-hybridized carbons (Fsp3) is 0.400. The van der Waals surface area contributed by atoms with Crippen molar-refractivity contribution in [2.24, 2.45) is 0 Å². The van der Waals surface area contributed by atoms with E-state index in [9.17, 15) is 4.79 Å². The lowest BCUT2D eigenvalue weighted by atomic mass is 10.5. The standard InChI is InChI=1S/C5H7N3O/c1-2-5(9)8-4-6-3-7-8/h3-4H,2H2,1H3. The maximum absolute atomic E-state index is 10.7. The first-order valence-corrected chi connectivity index (χ1v) is 2.72. The van der Waals surface area contributed by atoms with Crippen LogP contribution in [0.4, 0.5) is 0 Å². The van der Waals surface area contributed by atoms with E-state index in [0.717, 1.165) is 0 Å². The molecule has 0 atom stereocenters. The van der Waals surface area contributed by atoms with E-state index in [4.69, 9.17) is 0 Å². The molecule has 0 aliphatic carbocycles. The van der Waals surface area contributed by atoms with Gasteiger partial charge in [-0.15, -0.1) is 0 Å². The summed E-state index contributed by atoms with van der Waals surface area (Å²) >= 11 is 0. The Morgan fingerprint density at radius 1 is 1.78 bits per heavy atom. The van der Waals surface area contributed by atoms with E-state index in [0.29, 0.717) is 6.42 Å². The summed E-state index contributed by atoms with van der Waals surface area (Å²) < 4.78 is 1.22. The molecule has 0 radical (unpaired) electrons. The Bertz CT molecular complexity index is 192. The van der Waals surface area contributed by atoms with Gasteiger partial charge in [-0.3, -0.25) is 4.79 Å². The van der Waals surface area contributed by atoms with Crippen molar-refractivity contribution in [3.63, 3.8) is 0 Å². The quantitative estimate of drug-likeness (QED) is 0.543. The van der Waals surface area contributed by atoms with Crippen molar-refractivity contribution in [3.8, 4) is 0 Å². The van der Waals surface area contributed by atoms with E-state index in [2.05, 4.69) is 10.1 Å². The fourth-order valence-corrected chi connectivity index (χ4v) is 0.499. The maximum atomic E-state index is 10.7. The summed E-state index contributed by atoms with van der Waals surface area (Å²) in [6.45, 7) is 1.78. The molecule has 0 aliphatic heterocycles. The third kappa shape index (κ3) is 1.13. The Morgan fingerprint density at radius 3 is 3.00 bits per heavy atom. The number of aromatic nitrogens is 3. The van der Waals surface area contributed by atoms with Crippen LogP contribution in [0.3, 0.4) is 0 Å². The molecule has 0 bridgehead atoms. The molecule has 1 aromatic heterocycles. The summed E-state index contributed by atoms with van der Waals surface area (Å²) in [5.41, 5.74) is 0. The average molecular weight is 125 g/mol. The van der Waals surface area contributed by atoms with Crippen LogP contribution in [0.15, 0.2) is 12.7 Å². The predicted octanol–water partition coefficient (Wildman–Crippen LogP) is 0.328. The Balaban J connectivity index is 2.77. The summed E-state index contributed by atoms with van der Waals surface area (Å²) in [4.78, 5) is 14.4. The van der Waals surface area contributed by atoms with E-state index in [1.807, 2.05) is 0 Å².